The van der Waals surface area contributed by atoms with Gasteiger partial charge in [-0.15, -0.1) is 15.0 Å². The molecule has 2 aromatic rings. The minimum Gasteiger partial charge on any atom is -0.476 e. The highest BCUT2D eigenvalue weighted by Crippen LogP contribution is 2.20. The van der Waals surface area contributed by atoms with Crippen molar-refractivity contribution in [3.63, 3.8) is 0 Å². The summed E-state index contributed by atoms with van der Waals surface area (Å²) in [5, 5.41) is 27.0. The van der Waals surface area contributed by atoms with Crippen LogP contribution in [0.3, 0.4) is 0 Å². The number of aromatic carboxylic acids is 1. The van der Waals surface area contributed by atoms with E-state index in [1.165, 1.54) is 4.80 Å². The first-order chi connectivity index (χ1) is 11.6. The molecule has 128 valence electrons. The van der Waals surface area contributed by atoms with Gasteiger partial charge in [-0.25, -0.2) is 4.79 Å². The summed E-state index contributed by atoms with van der Waals surface area (Å²) in [7, 11) is 0. The van der Waals surface area contributed by atoms with Gasteiger partial charge in [-0.1, -0.05) is 15.9 Å². The molecular weight excluding hydrogens is 378 g/mol. The van der Waals surface area contributed by atoms with Gasteiger partial charge in [0.25, 0.3) is 0 Å². The molecule has 0 aliphatic carbocycles. The van der Waals surface area contributed by atoms with E-state index in [9.17, 15) is 9.90 Å². The summed E-state index contributed by atoms with van der Waals surface area (Å²) in [6.07, 6.45) is 0. The molecule has 24 heavy (non-hydrogen) atoms. The summed E-state index contributed by atoms with van der Waals surface area (Å²) >= 11 is 3.37. The largest absolute Gasteiger partial charge is 0.476 e. The Hall–Kier alpha value is -1.97. The molecular formula is C15H18BrN5O3. The van der Waals surface area contributed by atoms with E-state index in [1.54, 1.807) is 0 Å². The Kier molecular flexibility index (Phi) is 5.12. The average molecular weight is 396 g/mol. The Morgan fingerprint density at radius 2 is 1.79 bits per heavy atom. The maximum absolute atomic E-state index is 11.5. The molecule has 0 bridgehead atoms. The zero-order valence-electron chi connectivity index (χ0n) is 13.0. The van der Waals surface area contributed by atoms with Gasteiger partial charge in [0.1, 0.15) is 0 Å². The van der Waals surface area contributed by atoms with Crippen molar-refractivity contribution in [3.8, 4) is 5.69 Å². The molecule has 0 atom stereocenters. The fourth-order valence-corrected chi connectivity index (χ4v) is 2.93. The van der Waals surface area contributed by atoms with Crippen molar-refractivity contribution < 1.29 is 15.0 Å². The van der Waals surface area contributed by atoms with Gasteiger partial charge in [0.2, 0.25) is 5.69 Å². The fraction of sp³-hybridized carbons (Fsp3) is 0.400. The van der Waals surface area contributed by atoms with Crippen LogP contribution in [0.2, 0.25) is 0 Å². The zero-order chi connectivity index (χ0) is 17.1. The number of anilines is 1. The van der Waals surface area contributed by atoms with Crippen molar-refractivity contribution in [2.75, 3.05) is 44.2 Å². The molecule has 1 aromatic heterocycles. The number of nitrogens with zero attached hydrogens (tertiary/aromatic N) is 5. The smallest absolute Gasteiger partial charge is 0.360 e. The maximum atomic E-state index is 11.5. The van der Waals surface area contributed by atoms with Gasteiger partial charge in [-0.05, 0) is 24.3 Å². The van der Waals surface area contributed by atoms with E-state index in [-0.39, 0.29) is 12.3 Å². The quantitative estimate of drug-likeness (QED) is 0.774. The number of carbonyl (C=O) groups is 1. The first-order valence-corrected chi connectivity index (χ1v) is 8.42. The van der Waals surface area contributed by atoms with Crippen LogP contribution in [0.4, 0.5) is 5.82 Å². The van der Waals surface area contributed by atoms with Gasteiger partial charge in [0.05, 0.1) is 12.3 Å². The number of carboxylic acids is 1. The zero-order valence-corrected chi connectivity index (χ0v) is 14.6. The normalized spacial score (nSPS) is 15.7. The summed E-state index contributed by atoms with van der Waals surface area (Å²) in [6.45, 7) is 3.57. The van der Waals surface area contributed by atoms with E-state index in [0.717, 1.165) is 17.6 Å². The Balaban J connectivity index is 1.85. The molecule has 1 fully saturated rings. The molecule has 0 saturated carbocycles. The van der Waals surface area contributed by atoms with E-state index in [4.69, 9.17) is 5.11 Å². The predicted molar refractivity (Wildman–Crippen MR) is 91.8 cm³/mol. The molecule has 9 heteroatoms. The van der Waals surface area contributed by atoms with E-state index in [0.29, 0.717) is 31.1 Å². The monoisotopic (exact) mass is 395 g/mol. The van der Waals surface area contributed by atoms with Crippen LogP contribution < -0.4 is 4.90 Å². The van der Waals surface area contributed by atoms with Crippen LogP contribution >= 0.6 is 15.9 Å². The standard InChI is InChI=1S/C15H18BrN5O3/c16-11-1-3-12(4-2-11)21-17-13(15(23)24)14(18-21)20-7-5-19(6-8-20)9-10-22/h1-4,22H,5-10H2,(H,23,24). The first-order valence-electron chi connectivity index (χ1n) is 7.63. The first kappa shape index (κ1) is 16.9. The second kappa shape index (κ2) is 7.29. The predicted octanol–water partition coefficient (Wildman–Crippen LogP) is 0.842. The van der Waals surface area contributed by atoms with Gasteiger partial charge in [0, 0.05) is 37.2 Å². The van der Waals surface area contributed by atoms with Gasteiger partial charge >= 0.3 is 5.97 Å². The maximum Gasteiger partial charge on any atom is 0.360 e. The molecule has 1 aliphatic heterocycles. The van der Waals surface area contributed by atoms with Crippen LogP contribution in [-0.4, -0.2) is 75.4 Å². The molecule has 0 amide bonds. The van der Waals surface area contributed by atoms with Crippen LogP contribution in [0.25, 0.3) is 5.69 Å². The Morgan fingerprint density at radius 3 is 2.38 bits per heavy atom. The summed E-state index contributed by atoms with van der Waals surface area (Å²) in [6, 6.07) is 7.34. The van der Waals surface area contributed by atoms with Crippen molar-refractivity contribution >= 4 is 27.7 Å². The van der Waals surface area contributed by atoms with Crippen molar-refractivity contribution in [1.82, 2.24) is 19.9 Å². The number of aliphatic hydroxyl groups is 1. The highest BCUT2D eigenvalue weighted by Gasteiger charge is 2.26. The average Bonchev–Trinajstić information content (AvgIpc) is 3.02. The second-order valence-corrected chi connectivity index (χ2v) is 6.41. The Morgan fingerprint density at radius 1 is 1.12 bits per heavy atom. The number of aromatic nitrogens is 3. The summed E-state index contributed by atoms with van der Waals surface area (Å²) in [4.78, 5) is 17.0. The van der Waals surface area contributed by atoms with Crippen LogP contribution in [0.1, 0.15) is 10.5 Å². The fourth-order valence-electron chi connectivity index (χ4n) is 2.66. The van der Waals surface area contributed by atoms with Gasteiger partial charge in [-0.3, -0.25) is 4.90 Å². The number of β-amino-alcohol motifs (C(OH)–C–C–N with tert-alkyl or cyclic N) is 1. The van der Waals surface area contributed by atoms with E-state index < -0.39 is 5.97 Å². The molecule has 8 nitrogen and oxygen atoms in total. The Bertz CT molecular complexity index is 710. The number of hydrogen-bond donors (Lipinski definition) is 2. The lowest BCUT2D eigenvalue weighted by Gasteiger charge is -2.34. The number of rotatable bonds is 5. The van der Waals surface area contributed by atoms with Crippen LogP contribution in [0.15, 0.2) is 28.7 Å². The van der Waals surface area contributed by atoms with E-state index in [1.807, 2.05) is 29.2 Å². The second-order valence-electron chi connectivity index (χ2n) is 5.50. The summed E-state index contributed by atoms with van der Waals surface area (Å²) in [5.74, 6) is -0.708. The lowest BCUT2D eigenvalue weighted by Crippen LogP contribution is -2.47. The minimum atomic E-state index is -1.09. The van der Waals surface area contributed by atoms with Crippen molar-refractivity contribution in [2.24, 2.45) is 0 Å². The highest BCUT2D eigenvalue weighted by atomic mass is 79.9. The molecule has 0 spiro atoms. The SMILES string of the molecule is O=C(O)c1nn(-c2ccc(Br)cc2)nc1N1CCN(CCO)CC1. The highest BCUT2D eigenvalue weighted by molar-refractivity contribution is 9.10. The molecule has 2 N–H and O–H groups in total. The lowest BCUT2D eigenvalue weighted by molar-refractivity contribution is 0.0690. The number of hydrogen-bond acceptors (Lipinski definition) is 6. The molecule has 1 saturated heterocycles. The van der Waals surface area contributed by atoms with Crippen LogP contribution in [-0.2, 0) is 0 Å². The molecule has 0 unspecified atom stereocenters. The summed E-state index contributed by atoms with van der Waals surface area (Å²) < 4.78 is 0.928. The van der Waals surface area contributed by atoms with Gasteiger partial charge < -0.3 is 15.1 Å². The van der Waals surface area contributed by atoms with Gasteiger partial charge in [0.15, 0.2) is 5.82 Å². The number of carboxylic acid groups (broad SMARTS) is 1. The van der Waals surface area contributed by atoms with Crippen LogP contribution in [0, 0.1) is 0 Å². The molecule has 3 rings (SSSR count). The molecule has 1 aliphatic rings. The van der Waals surface area contributed by atoms with Crippen molar-refractivity contribution in [3.05, 3.63) is 34.4 Å². The molecule has 2 heterocycles. The third kappa shape index (κ3) is 3.58. The summed E-state index contributed by atoms with van der Waals surface area (Å²) in [5.41, 5.74) is 0.652. The minimum absolute atomic E-state index is 0.0477. The van der Waals surface area contributed by atoms with Crippen molar-refractivity contribution in [1.29, 1.82) is 0 Å². The van der Waals surface area contributed by atoms with E-state index in [2.05, 4.69) is 31.0 Å². The van der Waals surface area contributed by atoms with Gasteiger partial charge in [-0.2, -0.15) is 0 Å². The number of benzene rings is 1. The third-order valence-electron chi connectivity index (χ3n) is 3.94. The van der Waals surface area contributed by atoms with E-state index >= 15 is 0 Å². The van der Waals surface area contributed by atoms with Crippen LogP contribution in [0.5, 0.6) is 0 Å². The number of halogens is 1. The third-order valence-corrected chi connectivity index (χ3v) is 4.47. The Labute approximate surface area is 147 Å². The number of aliphatic hydroxyl groups excluding tert-OH is 1. The molecule has 1 aromatic carbocycles. The van der Waals surface area contributed by atoms with Crippen molar-refractivity contribution in [2.45, 2.75) is 0 Å². The number of piperazine rings is 1. The molecule has 0 radical (unpaired) electrons. The topological polar surface area (TPSA) is 94.7 Å². The lowest BCUT2D eigenvalue weighted by atomic mass is 10.3.